The van der Waals surface area contributed by atoms with Crippen molar-refractivity contribution in [3.63, 3.8) is 0 Å². The van der Waals surface area contributed by atoms with Crippen molar-refractivity contribution in [2.75, 3.05) is 39.0 Å². The van der Waals surface area contributed by atoms with E-state index in [1.165, 1.54) is 0 Å². The van der Waals surface area contributed by atoms with Crippen LogP contribution in [0.25, 0.3) is 22.4 Å². The Hall–Kier alpha value is -2.44. The van der Waals surface area contributed by atoms with Gasteiger partial charge in [-0.25, -0.2) is 22.4 Å². The van der Waals surface area contributed by atoms with E-state index in [0.717, 1.165) is 30.4 Å². The van der Waals surface area contributed by atoms with Crippen LogP contribution in [0.4, 0.5) is 0 Å². The first-order valence-corrected chi connectivity index (χ1v) is 18.9. The molecular weight excluding hydrogens is 681 g/mol. The van der Waals surface area contributed by atoms with Crippen LogP contribution in [-0.2, 0) is 21.4 Å². The molecule has 0 spiro atoms. The van der Waals surface area contributed by atoms with Gasteiger partial charge < -0.3 is 15.6 Å². The van der Waals surface area contributed by atoms with Crippen molar-refractivity contribution in [3.05, 3.63) is 69.3 Å². The van der Waals surface area contributed by atoms with Gasteiger partial charge in [0.1, 0.15) is 5.69 Å². The van der Waals surface area contributed by atoms with Crippen LogP contribution in [0.1, 0.15) is 56.4 Å². The van der Waals surface area contributed by atoms with E-state index in [1.54, 1.807) is 24.3 Å². The molecule has 4 N–H and O–H groups in total. The molecule has 0 radical (unpaired) electrons. The van der Waals surface area contributed by atoms with Crippen molar-refractivity contribution >= 4 is 56.6 Å². The summed E-state index contributed by atoms with van der Waals surface area (Å²) in [6.45, 7) is 6.99. The van der Waals surface area contributed by atoms with E-state index >= 15 is 4.79 Å². The third-order valence-corrected chi connectivity index (χ3v) is 11.5. The standard InChI is InChI=1S/C34H42Cl3N5O4S/c1-33(2)13-19-42(20-14-33,34(32(38)44)11-16-39-17-12-34)31(43)29-22-27(26-10-9-25(36)21-28(26)37)30(23-5-7-24(35)8-6-23)41(29)18-4-15-40-47(3,45)46/h5-10,21-22,39-40H,4,11-20H2,1-3H3,(H-,38,44)/p+1. The van der Waals surface area contributed by atoms with Crippen LogP contribution in [0.2, 0.25) is 15.1 Å². The van der Waals surface area contributed by atoms with Gasteiger partial charge in [0.05, 0.1) is 25.0 Å². The van der Waals surface area contributed by atoms with Gasteiger partial charge in [0, 0.05) is 78.1 Å². The van der Waals surface area contributed by atoms with Gasteiger partial charge in [-0.05, 0) is 47.7 Å². The van der Waals surface area contributed by atoms with Crippen LogP contribution in [0.3, 0.4) is 0 Å². The van der Waals surface area contributed by atoms with Gasteiger partial charge in [-0.2, -0.15) is 0 Å². The second-order valence-corrected chi connectivity index (χ2v) is 16.7. The number of hydrogen-bond donors (Lipinski definition) is 3. The van der Waals surface area contributed by atoms with E-state index in [2.05, 4.69) is 23.9 Å². The number of nitrogens with zero attached hydrogens (tertiary/aromatic N) is 2. The SMILES string of the molecule is CC1(C)CC[N+](C(=O)c2cc(-c3ccc(Cl)cc3Cl)c(-c3ccc(Cl)cc3)n2CCCNS(C)(=O)=O)(C2(C(N)=O)CCNCC2)CC1. The number of sulfonamides is 1. The van der Waals surface area contributed by atoms with Crippen molar-refractivity contribution in [3.8, 4) is 22.4 Å². The van der Waals surface area contributed by atoms with E-state index in [9.17, 15) is 13.2 Å². The predicted octanol–water partition coefficient (Wildman–Crippen LogP) is 6.11. The summed E-state index contributed by atoms with van der Waals surface area (Å²) >= 11 is 19.4. The number of rotatable bonds is 10. The molecule has 3 aromatic rings. The number of piperidine rings is 2. The summed E-state index contributed by atoms with van der Waals surface area (Å²) in [5.41, 5.74) is 8.54. The lowest BCUT2D eigenvalue weighted by Crippen LogP contribution is -2.76. The second-order valence-electron chi connectivity index (χ2n) is 13.6. The molecule has 0 atom stereocenters. The zero-order chi connectivity index (χ0) is 34.2. The zero-order valence-corrected chi connectivity index (χ0v) is 30.1. The van der Waals surface area contributed by atoms with Crippen molar-refractivity contribution in [2.24, 2.45) is 11.1 Å². The predicted molar refractivity (Wildman–Crippen MR) is 189 cm³/mol. The first-order valence-electron chi connectivity index (χ1n) is 15.9. The van der Waals surface area contributed by atoms with Gasteiger partial charge >= 0.3 is 5.91 Å². The Labute approximate surface area is 292 Å². The van der Waals surface area contributed by atoms with E-state index in [4.69, 9.17) is 40.5 Å². The van der Waals surface area contributed by atoms with Gasteiger partial charge in [0.25, 0.3) is 5.91 Å². The molecule has 13 heteroatoms. The molecule has 2 aliphatic heterocycles. The first-order chi connectivity index (χ1) is 22.1. The maximum absolute atomic E-state index is 15.5. The highest BCUT2D eigenvalue weighted by Crippen LogP contribution is 2.46. The molecule has 2 amide bonds. The Balaban J connectivity index is 1.77. The van der Waals surface area contributed by atoms with E-state index in [1.807, 2.05) is 28.8 Å². The second kappa shape index (κ2) is 13.8. The number of nitrogens with one attached hydrogen (secondary N) is 2. The van der Waals surface area contributed by atoms with Crippen molar-refractivity contribution in [2.45, 2.75) is 58.0 Å². The summed E-state index contributed by atoms with van der Waals surface area (Å²) in [6.07, 6.45) is 3.92. The zero-order valence-electron chi connectivity index (χ0n) is 27.0. The van der Waals surface area contributed by atoms with E-state index in [0.29, 0.717) is 83.9 Å². The number of amides is 2. The molecule has 9 nitrogen and oxygen atoms in total. The number of likely N-dealkylation sites (tertiary alicyclic amines) is 1. The lowest BCUT2D eigenvalue weighted by Gasteiger charge is -2.54. The highest BCUT2D eigenvalue weighted by Gasteiger charge is 2.62. The van der Waals surface area contributed by atoms with Crippen molar-refractivity contribution in [1.82, 2.24) is 14.6 Å². The number of benzene rings is 2. The quantitative estimate of drug-likeness (QED) is 0.172. The maximum atomic E-state index is 15.5. The molecule has 2 aromatic carbocycles. The largest absolute Gasteiger partial charge is 0.364 e. The average molecular weight is 724 g/mol. The molecule has 2 fully saturated rings. The number of primary amides is 1. The molecule has 254 valence electrons. The van der Waals surface area contributed by atoms with Crippen molar-refractivity contribution in [1.29, 1.82) is 0 Å². The lowest BCUT2D eigenvalue weighted by atomic mass is 9.75. The highest BCUT2D eigenvalue weighted by molar-refractivity contribution is 7.88. The maximum Gasteiger partial charge on any atom is 0.363 e. The van der Waals surface area contributed by atoms with Crippen LogP contribution in [0.5, 0.6) is 0 Å². The van der Waals surface area contributed by atoms with Gasteiger partial charge in [0.15, 0.2) is 5.54 Å². The minimum atomic E-state index is -3.42. The number of hydrogen-bond acceptors (Lipinski definition) is 5. The molecule has 3 heterocycles. The minimum Gasteiger partial charge on any atom is -0.364 e. The molecule has 0 bridgehead atoms. The average Bonchev–Trinajstić information content (AvgIpc) is 3.38. The van der Waals surface area contributed by atoms with Crippen LogP contribution in [0, 0.1) is 5.41 Å². The van der Waals surface area contributed by atoms with Gasteiger partial charge in [-0.15, -0.1) is 0 Å². The number of quaternary nitrogens is 1. The molecule has 0 aliphatic carbocycles. The molecular formula is C34H43Cl3N5O4S+. The number of carbonyl (C=O) groups is 2. The monoisotopic (exact) mass is 722 g/mol. The molecule has 0 unspecified atom stereocenters. The lowest BCUT2D eigenvalue weighted by molar-refractivity contribution is -0.900. The molecule has 47 heavy (non-hydrogen) atoms. The molecule has 2 aliphatic rings. The van der Waals surface area contributed by atoms with Gasteiger partial charge in [-0.3, -0.25) is 4.79 Å². The Bertz CT molecular complexity index is 1760. The van der Waals surface area contributed by atoms with Gasteiger partial charge in [0.2, 0.25) is 10.0 Å². The fraction of sp³-hybridized carbons (Fsp3) is 0.471. The number of halogens is 3. The minimum absolute atomic E-state index is 0.00352. The van der Waals surface area contributed by atoms with Crippen LogP contribution >= 0.6 is 34.8 Å². The summed E-state index contributed by atoms with van der Waals surface area (Å²) in [5, 5.41) is 4.80. The molecule has 1 aromatic heterocycles. The summed E-state index contributed by atoms with van der Waals surface area (Å²) in [5.74, 6) is -0.634. The number of nitrogens with two attached hydrogens (primary N) is 1. The third-order valence-electron chi connectivity index (χ3n) is 10.0. The smallest absolute Gasteiger partial charge is 0.363 e. The molecule has 0 saturated carbocycles. The van der Waals surface area contributed by atoms with Crippen molar-refractivity contribution < 1.29 is 22.5 Å². The highest BCUT2D eigenvalue weighted by atomic mass is 35.5. The topological polar surface area (TPSA) is 123 Å². The van der Waals surface area contributed by atoms with Crippen LogP contribution in [-0.4, -0.2) is 73.8 Å². The Morgan fingerprint density at radius 3 is 2.13 bits per heavy atom. The Morgan fingerprint density at radius 2 is 1.55 bits per heavy atom. The Kier molecular flexibility index (Phi) is 10.5. The van der Waals surface area contributed by atoms with Crippen LogP contribution in [0.15, 0.2) is 48.5 Å². The number of carbonyl (C=O) groups excluding carboxylic acids is 2. The van der Waals surface area contributed by atoms with E-state index in [-0.39, 0.29) is 22.3 Å². The third kappa shape index (κ3) is 7.29. The van der Waals surface area contributed by atoms with E-state index < -0.39 is 21.5 Å². The summed E-state index contributed by atoms with van der Waals surface area (Å²) < 4.78 is 28.3. The summed E-state index contributed by atoms with van der Waals surface area (Å²) in [6, 6.07) is 14.4. The summed E-state index contributed by atoms with van der Waals surface area (Å²) in [7, 11) is -3.42. The molecule has 2 saturated heterocycles. The Morgan fingerprint density at radius 1 is 0.936 bits per heavy atom. The number of aromatic nitrogens is 1. The summed E-state index contributed by atoms with van der Waals surface area (Å²) in [4.78, 5) is 29.1. The fourth-order valence-electron chi connectivity index (χ4n) is 7.28. The normalized spacial score (nSPS) is 18.9. The fourth-order valence-corrected chi connectivity index (χ4v) is 8.43. The van der Waals surface area contributed by atoms with Gasteiger partial charge in [-0.1, -0.05) is 66.8 Å². The first kappa shape index (κ1) is 35.9. The molecule has 5 rings (SSSR count). The van der Waals surface area contributed by atoms with Crippen LogP contribution < -0.4 is 15.8 Å².